The lowest BCUT2D eigenvalue weighted by molar-refractivity contribution is 0.102. The predicted molar refractivity (Wildman–Crippen MR) is 98.3 cm³/mol. The number of rotatable bonds is 3. The zero-order valence-corrected chi connectivity index (χ0v) is 15.9. The fourth-order valence-corrected chi connectivity index (χ4v) is 3.68. The quantitative estimate of drug-likeness (QED) is 0.733. The second-order valence-electron chi connectivity index (χ2n) is 5.14. The first kappa shape index (κ1) is 16.7. The van der Waals surface area contributed by atoms with Gasteiger partial charge < -0.3 is 10.2 Å². The number of amides is 1. The highest BCUT2D eigenvalue weighted by Gasteiger charge is 2.20. The highest BCUT2D eigenvalue weighted by Crippen LogP contribution is 2.27. The van der Waals surface area contributed by atoms with Crippen LogP contribution in [0.15, 0.2) is 33.3 Å². The van der Waals surface area contributed by atoms with Gasteiger partial charge in [0.25, 0.3) is 5.91 Å². The van der Waals surface area contributed by atoms with Gasteiger partial charge in [0.05, 0.1) is 16.9 Å². The Balaban J connectivity index is 1.85. The third-order valence-corrected chi connectivity index (χ3v) is 4.94. The molecule has 23 heavy (non-hydrogen) atoms. The minimum Gasteiger partial charge on any atom is -0.341 e. The number of anilines is 2. The average molecular weight is 461 g/mol. The van der Waals surface area contributed by atoms with Gasteiger partial charge in [-0.15, -0.1) is 0 Å². The Kier molecular flexibility index (Phi) is 5.18. The van der Waals surface area contributed by atoms with E-state index >= 15 is 0 Å². The van der Waals surface area contributed by atoms with Crippen molar-refractivity contribution < 1.29 is 4.79 Å². The van der Waals surface area contributed by atoms with Gasteiger partial charge in [-0.2, -0.15) is 0 Å². The number of carbonyl (C=O) groups excluding carboxylic acids is 1. The summed E-state index contributed by atoms with van der Waals surface area (Å²) in [5.74, 6) is 0.188. The van der Waals surface area contributed by atoms with Gasteiger partial charge in [0.1, 0.15) is 0 Å². The van der Waals surface area contributed by atoms with Crippen LogP contribution in [0.4, 0.5) is 11.6 Å². The first-order chi connectivity index (χ1) is 11.0. The van der Waals surface area contributed by atoms with Gasteiger partial charge >= 0.3 is 0 Å². The van der Waals surface area contributed by atoms with Crippen molar-refractivity contribution in [2.24, 2.45) is 0 Å². The van der Waals surface area contributed by atoms with Crippen molar-refractivity contribution in [2.45, 2.75) is 12.8 Å². The molecule has 0 spiro atoms. The van der Waals surface area contributed by atoms with Gasteiger partial charge in [-0.3, -0.25) is 4.79 Å². The van der Waals surface area contributed by atoms with Gasteiger partial charge in [-0.05, 0) is 47.0 Å². The molecule has 1 aliphatic heterocycles. The molecule has 0 atom stereocenters. The fourth-order valence-electron chi connectivity index (χ4n) is 2.36. The van der Waals surface area contributed by atoms with Gasteiger partial charge in [0.2, 0.25) is 5.95 Å². The summed E-state index contributed by atoms with van der Waals surface area (Å²) in [4.78, 5) is 23.1. The van der Waals surface area contributed by atoms with E-state index in [0.29, 0.717) is 11.6 Å². The molecule has 0 bridgehead atoms. The van der Waals surface area contributed by atoms with E-state index in [0.717, 1.165) is 34.9 Å². The Morgan fingerprint density at radius 1 is 1.26 bits per heavy atom. The summed E-state index contributed by atoms with van der Waals surface area (Å²) >= 11 is 12.9. The number of halogens is 3. The van der Waals surface area contributed by atoms with Crippen LogP contribution >= 0.6 is 43.5 Å². The lowest BCUT2D eigenvalue weighted by Gasteiger charge is -2.16. The molecule has 1 saturated heterocycles. The number of hydrogen-bond donors (Lipinski definition) is 1. The van der Waals surface area contributed by atoms with Crippen molar-refractivity contribution in [3.8, 4) is 0 Å². The van der Waals surface area contributed by atoms with Gasteiger partial charge in [-0.1, -0.05) is 27.5 Å². The lowest BCUT2D eigenvalue weighted by atomic mass is 10.3. The first-order valence-electron chi connectivity index (χ1n) is 7.08. The molecule has 1 aliphatic rings. The van der Waals surface area contributed by atoms with E-state index in [4.69, 9.17) is 11.6 Å². The van der Waals surface area contributed by atoms with E-state index in [-0.39, 0.29) is 16.6 Å². The zero-order chi connectivity index (χ0) is 16.4. The molecule has 0 saturated carbocycles. The van der Waals surface area contributed by atoms with Crippen LogP contribution in [0.5, 0.6) is 0 Å². The van der Waals surface area contributed by atoms with Crippen molar-refractivity contribution in [3.05, 3.63) is 44.1 Å². The number of benzene rings is 1. The molecular formula is C15H13Br2ClN4O. The SMILES string of the molecule is O=C(Nc1ccc(Br)cc1Br)c1nc(N2CCCC2)ncc1Cl. The number of aromatic nitrogens is 2. The minimum atomic E-state index is -0.360. The van der Waals surface area contributed by atoms with Crippen LogP contribution in [0.3, 0.4) is 0 Å². The Bertz CT molecular complexity index is 750. The Morgan fingerprint density at radius 3 is 2.70 bits per heavy atom. The number of nitrogens with zero attached hydrogens (tertiary/aromatic N) is 3. The van der Waals surface area contributed by atoms with Crippen molar-refractivity contribution in [1.82, 2.24) is 9.97 Å². The molecule has 0 unspecified atom stereocenters. The van der Waals surface area contributed by atoms with Gasteiger partial charge in [0, 0.05) is 22.0 Å². The molecule has 120 valence electrons. The monoisotopic (exact) mass is 458 g/mol. The van der Waals surface area contributed by atoms with Crippen LogP contribution in [0.25, 0.3) is 0 Å². The summed E-state index contributed by atoms with van der Waals surface area (Å²) in [7, 11) is 0. The molecular weight excluding hydrogens is 447 g/mol. The highest BCUT2D eigenvalue weighted by atomic mass is 79.9. The van der Waals surface area contributed by atoms with E-state index < -0.39 is 0 Å². The molecule has 0 aliphatic carbocycles. The van der Waals surface area contributed by atoms with Crippen molar-refractivity contribution in [3.63, 3.8) is 0 Å². The maximum Gasteiger partial charge on any atom is 0.276 e. The largest absolute Gasteiger partial charge is 0.341 e. The topological polar surface area (TPSA) is 58.1 Å². The molecule has 1 aromatic carbocycles. The normalized spacial score (nSPS) is 14.1. The molecule has 3 rings (SSSR count). The molecule has 5 nitrogen and oxygen atoms in total. The van der Waals surface area contributed by atoms with E-state index in [1.165, 1.54) is 6.20 Å². The number of carbonyl (C=O) groups is 1. The summed E-state index contributed by atoms with van der Waals surface area (Å²) in [6, 6.07) is 5.49. The van der Waals surface area contributed by atoms with E-state index in [1.807, 2.05) is 12.1 Å². The maximum atomic E-state index is 12.5. The highest BCUT2D eigenvalue weighted by molar-refractivity contribution is 9.11. The van der Waals surface area contributed by atoms with Gasteiger partial charge in [-0.25, -0.2) is 9.97 Å². The Labute approximate surface area is 155 Å². The second kappa shape index (κ2) is 7.15. The van der Waals surface area contributed by atoms with Crippen molar-refractivity contribution in [1.29, 1.82) is 0 Å². The summed E-state index contributed by atoms with van der Waals surface area (Å²) in [5.41, 5.74) is 0.828. The standard InChI is InChI=1S/C15H13Br2ClN4O/c16-9-3-4-12(10(17)7-9)20-14(23)13-11(18)8-19-15(21-13)22-5-1-2-6-22/h3-4,7-8H,1-2,5-6H2,(H,20,23). The Morgan fingerprint density at radius 2 is 2.00 bits per heavy atom. The average Bonchev–Trinajstić information content (AvgIpc) is 3.05. The second-order valence-corrected chi connectivity index (χ2v) is 7.32. The molecule has 2 aromatic rings. The third kappa shape index (κ3) is 3.84. The lowest BCUT2D eigenvalue weighted by Crippen LogP contribution is -2.23. The van der Waals surface area contributed by atoms with Crippen LogP contribution in [0, 0.1) is 0 Å². The number of nitrogens with one attached hydrogen (secondary N) is 1. The van der Waals surface area contributed by atoms with Crippen LogP contribution in [0.1, 0.15) is 23.3 Å². The third-order valence-electron chi connectivity index (χ3n) is 3.51. The van der Waals surface area contributed by atoms with Crippen LogP contribution < -0.4 is 10.2 Å². The maximum absolute atomic E-state index is 12.5. The summed E-state index contributed by atoms with van der Waals surface area (Å²) in [6.07, 6.45) is 3.70. The number of hydrogen-bond acceptors (Lipinski definition) is 4. The minimum absolute atomic E-state index is 0.179. The molecule has 2 heterocycles. The zero-order valence-electron chi connectivity index (χ0n) is 12.0. The molecule has 1 aromatic heterocycles. The van der Waals surface area contributed by atoms with E-state index in [2.05, 4.69) is 52.0 Å². The van der Waals surface area contributed by atoms with Crippen LogP contribution in [-0.4, -0.2) is 29.0 Å². The predicted octanol–water partition coefficient (Wildman–Crippen LogP) is 4.51. The van der Waals surface area contributed by atoms with Crippen molar-refractivity contribution >= 4 is 61.0 Å². The van der Waals surface area contributed by atoms with E-state index in [1.54, 1.807) is 6.07 Å². The summed E-state index contributed by atoms with van der Waals surface area (Å²) in [6.45, 7) is 1.81. The molecule has 1 fully saturated rings. The summed E-state index contributed by atoms with van der Waals surface area (Å²) in [5, 5.41) is 3.05. The Hall–Kier alpha value is -1.18. The molecule has 1 amide bonds. The van der Waals surface area contributed by atoms with Crippen LogP contribution in [0.2, 0.25) is 5.02 Å². The molecule has 8 heteroatoms. The van der Waals surface area contributed by atoms with E-state index in [9.17, 15) is 4.79 Å². The smallest absolute Gasteiger partial charge is 0.276 e. The van der Waals surface area contributed by atoms with Crippen LogP contribution in [-0.2, 0) is 0 Å². The molecule has 1 N–H and O–H groups in total. The van der Waals surface area contributed by atoms with Crippen molar-refractivity contribution in [2.75, 3.05) is 23.3 Å². The fraction of sp³-hybridized carbons (Fsp3) is 0.267. The van der Waals surface area contributed by atoms with Gasteiger partial charge in [0.15, 0.2) is 5.69 Å². The first-order valence-corrected chi connectivity index (χ1v) is 9.05. The summed E-state index contributed by atoms with van der Waals surface area (Å²) < 4.78 is 1.68. The molecule has 0 radical (unpaired) electrons.